The summed E-state index contributed by atoms with van der Waals surface area (Å²) in [6.07, 6.45) is 0.171. The van der Waals surface area contributed by atoms with Crippen molar-refractivity contribution in [2.24, 2.45) is 5.92 Å². The SMILES string of the molecule is O=C(NCC(=O)N1CCN(c2ccccc2)CC1)[C@@H]1CC(=O)N(c2ccccc2)C1. The minimum atomic E-state index is -0.430. The van der Waals surface area contributed by atoms with E-state index in [4.69, 9.17) is 0 Å². The van der Waals surface area contributed by atoms with Crippen molar-refractivity contribution in [3.8, 4) is 0 Å². The van der Waals surface area contributed by atoms with Crippen molar-refractivity contribution in [3.05, 3.63) is 60.7 Å². The maximum absolute atomic E-state index is 12.5. The van der Waals surface area contributed by atoms with E-state index in [9.17, 15) is 14.4 Å². The number of rotatable bonds is 5. The lowest BCUT2D eigenvalue weighted by atomic mass is 10.1. The lowest BCUT2D eigenvalue weighted by Gasteiger charge is -2.36. The first-order chi connectivity index (χ1) is 14.6. The van der Waals surface area contributed by atoms with Crippen molar-refractivity contribution >= 4 is 29.1 Å². The first-order valence-electron chi connectivity index (χ1n) is 10.3. The third-order valence-electron chi connectivity index (χ3n) is 5.73. The number of carbonyl (C=O) groups excluding carboxylic acids is 3. The number of anilines is 2. The fourth-order valence-electron chi connectivity index (χ4n) is 4.01. The van der Waals surface area contributed by atoms with Gasteiger partial charge in [0.2, 0.25) is 17.7 Å². The maximum atomic E-state index is 12.5. The van der Waals surface area contributed by atoms with Gasteiger partial charge in [-0.15, -0.1) is 0 Å². The first kappa shape index (κ1) is 19.9. The van der Waals surface area contributed by atoms with E-state index in [1.165, 1.54) is 0 Å². The third-order valence-corrected chi connectivity index (χ3v) is 5.73. The van der Waals surface area contributed by atoms with Crippen molar-refractivity contribution in [2.45, 2.75) is 6.42 Å². The molecule has 0 bridgehead atoms. The number of carbonyl (C=O) groups is 3. The molecule has 1 atom stereocenters. The Balaban J connectivity index is 1.24. The molecule has 0 spiro atoms. The zero-order chi connectivity index (χ0) is 20.9. The summed E-state index contributed by atoms with van der Waals surface area (Å²) in [6, 6.07) is 19.5. The summed E-state index contributed by atoms with van der Waals surface area (Å²) < 4.78 is 0. The number of para-hydroxylation sites is 2. The van der Waals surface area contributed by atoms with Crippen LogP contribution in [0.4, 0.5) is 11.4 Å². The number of nitrogens with one attached hydrogen (secondary N) is 1. The van der Waals surface area contributed by atoms with Gasteiger partial charge in [0.25, 0.3) is 0 Å². The molecule has 0 aromatic heterocycles. The predicted octanol–water partition coefficient (Wildman–Crippen LogP) is 1.50. The van der Waals surface area contributed by atoms with Gasteiger partial charge in [0.1, 0.15) is 0 Å². The molecule has 0 aliphatic carbocycles. The van der Waals surface area contributed by atoms with Crippen molar-refractivity contribution in [2.75, 3.05) is 49.1 Å². The highest BCUT2D eigenvalue weighted by Gasteiger charge is 2.35. The van der Waals surface area contributed by atoms with E-state index in [0.717, 1.165) is 24.5 Å². The van der Waals surface area contributed by atoms with Gasteiger partial charge < -0.3 is 20.0 Å². The molecule has 7 nitrogen and oxygen atoms in total. The Bertz CT molecular complexity index is 895. The van der Waals surface area contributed by atoms with Crippen LogP contribution in [0.25, 0.3) is 0 Å². The quantitative estimate of drug-likeness (QED) is 0.817. The summed E-state index contributed by atoms with van der Waals surface area (Å²) in [5, 5.41) is 2.73. The van der Waals surface area contributed by atoms with Gasteiger partial charge in [-0.1, -0.05) is 36.4 Å². The lowest BCUT2D eigenvalue weighted by Crippen LogP contribution is -2.51. The van der Waals surface area contributed by atoms with E-state index in [0.29, 0.717) is 19.6 Å². The Kier molecular flexibility index (Phi) is 5.97. The molecular formula is C23H26N4O3. The molecule has 1 N–H and O–H groups in total. The zero-order valence-electron chi connectivity index (χ0n) is 16.9. The molecule has 2 aromatic rings. The van der Waals surface area contributed by atoms with E-state index in [-0.39, 0.29) is 30.7 Å². The second kappa shape index (κ2) is 8.98. The molecule has 0 unspecified atom stereocenters. The molecule has 3 amide bonds. The van der Waals surface area contributed by atoms with Gasteiger partial charge >= 0.3 is 0 Å². The van der Waals surface area contributed by atoms with E-state index >= 15 is 0 Å². The van der Waals surface area contributed by atoms with Gasteiger partial charge in [-0.3, -0.25) is 14.4 Å². The van der Waals surface area contributed by atoms with Gasteiger partial charge in [0.15, 0.2) is 0 Å². The minimum absolute atomic E-state index is 0.0276. The van der Waals surface area contributed by atoms with Crippen LogP contribution in [0.1, 0.15) is 6.42 Å². The van der Waals surface area contributed by atoms with Gasteiger partial charge in [0, 0.05) is 50.5 Å². The fourth-order valence-corrected chi connectivity index (χ4v) is 4.01. The largest absolute Gasteiger partial charge is 0.368 e. The van der Waals surface area contributed by atoms with Crippen LogP contribution in [0.5, 0.6) is 0 Å². The highest BCUT2D eigenvalue weighted by atomic mass is 16.2. The molecule has 2 saturated heterocycles. The smallest absolute Gasteiger partial charge is 0.242 e. The van der Waals surface area contributed by atoms with Crippen molar-refractivity contribution in [1.82, 2.24) is 10.2 Å². The Morgan fingerprint density at radius 3 is 2.10 bits per heavy atom. The van der Waals surface area contributed by atoms with Crippen LogP contribution in [0.3, 0.4) is 0 Å². The second-order valence-corrected chi connectivity index (χ2v) is 7.66. The maximum Gasteiger partial charge on any atom is 0.242 e. The molecule has 7 heteroatoms. The molecule has 2 aliphatic rings. The molecule has 4 rings (SSSR count). The Labute approximate surface area is 176 Å². The number of nitrogens with zero attached hydrogens (tertiary/aromatic N) is 3. The predicted molar refractivity (Wildman–Crippen MR) is 115 cm³/mol. The molecular weight excluding hydrogens is 380 g/mol. The zero-order valence-corrected chi connectivity index (χ0v) is 16.9. The van der Waals surface area contributed by atoms with Crippen LogP contribution in [-0.2, 0) is 14.4 Å². The molecule has 30 heavy (non-hydrogen) atoms. The molecule has 0 radical (unpaired) electrons. The summed E-state index contributed by atoms with van der Waals surface area (Å²) >= 11 is 0. The molecule has 156 valence electrons. The number of amides is 3. The second-order valence-electron chi connectivity index (χ2n) is 7.66. The van der Waals surface area contributed by atoms with Crippen molar-refractivity contribution < 1.29 is 14.4 Å². The average Bonchev–Trinajstić information content (AvgIpc) is 3.20. The van der Waals surface area contributed by atoms with Gasteiger partial charge in [-0.05, 0) is 24.3 Å². The van der Waals surface area contributed by atoms with E-state index in [2.05, 4.69) is 22.3 Å². The summed E-state index contributed by atoms with van der Waals surface area (Å²) in [5.74, 6) is -0.816. The first-order valence-corrected chi connectivity index (χ1v) is 10.3. The third kappa shape index (κ3) is 4.45. The number of piperazine rings is 1. The van der Waals surface area contributed by atoms with E-state index in [1.54, 1.807) is 9.80 Å². The normalized spacial score (nSPS) is 19.1. The average molecular weight is 406 g/mol. The van der Waals surface area contributed by atoms with Crippen LogP contribution in [0.15, 0.2) is 60.7 Å². The highest BCUT2D eigenvalue weighted by Crippen LogP contribution is 2.24. The Morgan fingerprint density at radius 1 is 0.867 bits per heavy atom. The van der Waals surface area contributed by atoms with E-state index < -0.39 is 5.92 Å². The summed E-state index contributed by atoms with van der Waals surface area (Å²) in [4.78, 5) is 43.0. The van der Waals surface area contributed by atoms with Crippen LogP contribution in [0, 0.1) is 5.92 Å². The summed E-state index contributed by atoms with van der Waals surface area (Å²) in [5.41, 5.74) is 1.96. The topological polar surface area (TPSA) is 73.0 Å². The van der Waals surface area contributed by atoms with Crippen LogP contribution < -0.4 is 15.1 Å². The van der Waals surface area contributed by atoms with Crippen LogP contribution in [0.2, 0.25) is 0 Å². The van der Waals surface area contributed by atoms with Gasteiger partial charge in [-0.25, -0.2) is 0 Å². The molecule has 2 aliphatic heterocycles. The number of benzene rings is 2. The molecule has 2 heterocycles. The lowest BCUT2D eigenvalue weighted by molar-refractivity contribution is -0.134. The molecule has 2 fully saturated rings. The highest BCUT2D eigenvalue weighted by molar-refractivity contribution is 6.00. The number of hydrogen-bond donors (Lipinski definition) is 1. The Morgan fingerprint density at radius 2 is 1.47 bits per heavy atom. The van der Waals surface area contributed by atoms with Gasteiger partial charge in [-0.2, -0.15) is 0 Å². The molecule has 2 aromatic carbocycles. The van der Waals surface area contributed by atoms with Gasteiger partial charge in [0.05, 0.1) is 12.5 Å². The summed E-state index contributed by atoms with van der Waals surface area (Å²) in [7, 11) is 0. The minimum Gasteiger partial charge on any atom is -0.368 e. The number of hydrogen-bond acceptors (Lipinski definition) is 4. The fraction of sp³-hybridized carbons (Fsp3) is 0.348. The van der Waals surface area contributed by atoms with Crippen molar-refractivity contribution in [1.29, 1.82) is 0 Å². The van der Waals surface area contributed by atoms with E-state index in [1.807, 2.05) is 48.5 Å². The summed E-state index contributed by atoms with van der Waals surface area (Å²) in [6.45, 7) is 3.12. The monoisotopic (exact) mass is 406 g/mol. The standard InChI is InChI=1S/C23H26N4O3/c28-21-15-18(17-27(21)20-9-5-2-6-10-20)23(30)24-16-22(29)26-13-11-25(12-14-26)19-7-3-1-4-8-19/h1-10,18H,11-17H2,(H,24,30)/t18-/m1/s1. The molecule has 0 saturated carbocycles. The Hall–Kier alpha value is -3.35. The van der Waals surface area contributed by atoms with Crippen LogP contribution >= 0.6 is 0 Å². The van der Waals surface area contributed by atoms with Crippen LogP contribution in [-0.4, -0.2) is 61.9 Å². The van der Waals surface area contributed by atoms with Crippen molar-refractivity contribution in [3.63, 3.8) is 0 Å².